The van der Waals surface area contributed by atoms with Crippen molar-refractivity contribution in [2.75, 3.05) is 13.8 Å². The third kappa shape index (κ3) is 2.74. The van der Waals surface area contributed by atoms with E-state index in [9.17, 15) is 4.79 Å². The van der Waals surface area contributed by atoms with Crippen LogP contribution < -0.4 is 9.47 Å². The van der Waals surface area contributed by atoms with E-state index in [2.05, 4.69) is 5.10 Å². The SMILES string of the molecule is CCn1cc(Cl)c(CN(C)C(=O)c2ccc3c(c2)OCO3)n1. The minimum Gasteiger partial charge on any atom is -0.454 e. The molecule has 0 bridgehead atoms. The predicted octanol–water partition coefficient (Wildman–Crippen LogP) is 2.56. The Bertz CT molecular complexity index is 714. The molecule has 0 N–H and O–H groups in total. The molecular weight excluding hydrogens is 306 g/mol. The Balaban J connectivity index is 1.75. The zero-order chi connectivity index (χ0) is 15.7. The summed E-state index contributed by atoms with van der Waals surface area (Å²) in [6.45, 7) is 3.25. The van der Waals surface area contributed by atoms with Crippen molar-refractivity contribution in [2.45, 2.75) is 20.0 Å². The van der Waals surface area contributed by atoms with Gasteiger partial charge in [0.05, 0.1) is 11.6 Å². The highest BCUT2D eigenvalue weighted by Gasteiger charge is 2.19. The summed E-state index contributed by atoms with van der Waals surface area (Å²) in [7, 11) is 1.72. The van der Waals surface area contributed by atoms with Gasteiger partial charge in [-0.25, -0.2) is 0 Å². The smallest absolute Gasteiger partial charge is 0.254 e. The molecule has 0 radical (unpaired) electrons. The van der Waals surface area contributed by atoms with Crippen molar-refractivity contribution < 1.29 is 14.3 Å². The summed E-state index contributed by atoms with van der Waals surface area (Å²) in [5.74, 6) is 1.12. The highest BCUT2D eigenvalue weighted by atomic mass is 35.5. The minimum absolute atomic E-state index is 0.125. The van der Waals surface area contributed by atoms with E-state index in [1.54, 1.807) is 41.0 Å². The van der Waals surface area contributed by atoms with Gasteiger partial charge in [0.2, 0.25) is 6.79 Å². The second-order valence-electron chi connectivity index (χ2n) is 5.01. The number of nitrogens with zero attached hydrogens (tertiary/aromatic N) is 3. The summed E-state index contributed by atoms with van der Waals surface area (Å²) >= 11 is 6.14. The van der Waals surface area contributed by atoms with Crippen LogP contribution in [0, 0.1) is 0 Å². The Morgan fingerprint density at radius 2 is 2.18 bits per heavy atom. The molecule has 0 aliphatic carbocycles. The fourth-order valence-corrected chi connectivity index (χ4v) is 2.46. The number of hydrogen-bond donors (Lipinski definition) is 0. The van der Waals surface area contributed by atoms with E-state index in [4.69, 9.17) is 21.1 Å². The lowest BCUT2D eigenvalue weighted by atomic mass is 10.1. The number of ether oxygens (including phenoxy) is 2. The van der Waals surface area contributed by atoms with Crippen molar-refractivity contribution in [2.24, 2.45) is 0 Å². The molecule has 1 aliphatic heterocycles. The van der Waals surface area contributed by atoms with Gasteiger partial charge in [0.1, 0.15) is 5.69 Å². The van der Waals surface area contributed by atoms with Crippen LogP contribution in [0.15, 0.2) is 24.4 Å². The maximum Gasteiger partial charge on any atom is 0.254 e. The van der Waals surface area contributed by atoms with E-state index >= 15 is 0 Å². The zero-order valence-electron chi connectivity index (χ0n) is 12.4. The molecule has 0 saturated carbocycles. The zero-order valence-corrected chi connectivity index (χ0v) is 13.1. The summed E-state index contributed by atoms with van der Waals surface area (Å²) in [6, 6.07) is 5.15. The molecule has 22 heavy (non-hydrogen) atoms. The number of carbonyl (C=O) groups excluding carboxylic acids is 1. The average Bonchev–Trinajstić information content (AvgIpc) is 3.12. The molecule has 1 aromatic carbocycles. The lowest BCUT2D eigenvalue weighted by molar-refractivity contribution is 0.0783. The van der Waals surface area contributed by atoms with E-state index in [-0.39, 0.29) is 12.7 Å². The molecule has 0 unspecified atom stereocenters. The number of aryl methyl sites for hydroxylation is 1. The van der Waals surface area contributed by atoms with Gasteiger partial charge in [-0.15, -0.1) is 0 Å². The maximum absolute atomic E-state index is 12.5. The summed E-state index contributed by atoms with van der Waals surface area (Å²) in [6.07, 6.45) is 1.76. The largest absolute Gasteiger partial charge is 0.454 e. The lowest BCUT2D eigenvalue weighted by Gasteiger charge is -2.16. The van der Waals surface area contributed by atoms with Crippen molar-refractivity contribution in [1.82, 2.24) is 14.7 Å². The maximum atomic E-state index is 12.5. The van der Waals surface area contributed by atoms with Crippen LogP contribution in [0.1, 0.15) is 23.0 Å². The molecule has 2 aromatic rings. The predicted molar refractivity (Wildman–Crippen MR) is 81.3 cm³/mol. The van der Waals surface area contributed by atoms with Gasteiger partial charge in [-0.2, -0.15) is 5.10 Å². The van der Waals surface area contributed by atoms with E-state index in [0.29, 0.717) is 34.3 Å². The van der Waals surface area contributed by atoms with Gasteiger partial charge in [-0.3, -0.25) is 9.48 Å². The molecule has 0 fully saturated rings. The van der Waals surface area contributed by atoms with E-state index < -0.39 is 0 Å². The number of amides is 1. The number of rotatable bonds is 4. The third-order valence-electron chi connectivity index (χ3n) is 3.46. The van der Waals surface area contributed by atoms with Gasteiger partial charge in [0.25, 0.3) is 5.91 Å². The molecule has 0 saturated heterocycles. The molecule has 7 heteroatoms. The summed E-state index contributed by atoms with van der Waals surface area (Å²) in [5.41, 5.74) is 1.22. The topological polar surface area (TPSA) is 56.6 Å². The fourth-order valence-electron chi connectivity index (χ4n) is 2.25. The Hall–Kier alpha value is -2.21. The van der Waals surface area contributed by atoms with E-state index in [1.807, 2.05) is 6.92 Å². The van der Waals surface area contributed by atoms with Crippen molar-refractivity contribution in [3.05, 3.63) is 40.7 Å². The number of hydrogen-bond acceptors (Lipinski definition) is 4. The molecular formula is C15H16ClN3O3. The van der Waals surface area contributed by atoms with Crippen molar-refractivity contribution in [3.8, 4) is 11.5 Å². The number of benzene rings is 1. The van der Waals surface area contributed by atoms with Gasteiger partial charge < -0.3 is 14.4 Å². The summed E-state index contributed by atoms with van der Waals surface area (Å²) in [4.78, 5) is 14.1. The first kappa shape index (κ1) is 14.7. The van der Waals surface area contributed by atoms with Crippen molar-refractivity contribution >= 4 is 17.5 Å². The lowest BCUT2D eigenvalue weighted by Crippen LogP contribution is -2.26. The summed E-state index contributed by atoms with van der Waals surface area (Å²) < 4.78 is 12.3. The molecule has 6 nitrogen and oxygen atoms in total. The normalized spacial score (nSPS) is 12.5. The standard InChI is InChI=1S/C15H16ClN3O3/c1-3-19-7-11(16)12(17-19)8-18(2)15(20)10-4-5-13-14(6-10)22-9-21-13/h4-7H,3,8-9H2,1-2H3. The number of carbonyl (C=O) groups is 1. The van der Waals surface area contributed by atoms with Gasteiger partial charge in [0.15, 0.2) is 11.5 Å². The Labute approximate surface area is 133 Å². The third-order valence-corrected chi connectivity index (χ3v) is 3.78. The van der Waals surface area contributed by atoms with Crippen LogP contribution in [0.2, 0.25) is 5.02 Å². The minimum atomic E-state index is -0.125. The Kier molecular flexibility index (Phi) is 3.94. The average molecular weight is 322 g/mol. The number of fused-ring (bicyclic) bond motifs is 1. The van der Waals surface area contributed by atoms with Crippen LogP contribution in [-0.2, 0) is 13.1 Å². The monoisotopic (exact) mass is 321 g/mol. The summed E-state index contributed by atoms with van der Waals surface area (Å²) in [5, 5.41) is 4.91. The molecule has 3 rings (SSSR count). The molecule has 116 valence electrons. The van der Waals surface area contributed by atoms with Gasteiger partial charge >= 0.3 is 0 Å². The molecule has 0 spiro atoms. The van der Waals surface area contributed by atoms with Crippen molar-refractivity contribution in [3.63, 3.8) is 0 Å². The van der Waals surface area contributed by atoms with Crippen LogP contribution in [0.25, 0.3) is 0 Å². The molecule has 1 amide bonds. The highest BCUT2D eigenvalue weighted by molar-refractivity contribution is 6.31. The quantitative estimate of drug-likeness (QED) is 0.868. The Morgan fingerprint density at radius 1 is 1.41 bits per heavy atom. The second kappa shape index (κ2) is 5.88. The van der Waals surface area contributed by atoms with Crippen molar-refractivity contribution in [1.29, 1.82) is 0 Å². The molecule has 1 aliphatic rings. The van der Waals surface area contributed by atoms with Crippen LogP contribution >= 0.6 is 11.6 Å². The van der Waals surface area contributed by atoms with Gasteiger partial charge in [-0.1, -0.05) is 11.6 Å². The van der Waals surface area contributed by atoms with Gasteiger partial charge in [-0.05, 0) is 25.1 Å². The first-order chi connectivity index (χ1) is 10.6. The molecule has 0 atom stereocenters. The van der Waals surface area contributed by atoms with Crippen LogP contribution in [0.4, 0.5) is 0 Å². The molecule has 1 aromatic heterocycles. The van der Waals surface area contributed by atoms with Crippen LogP contribution in [-0.4, -0.2) is 34.4 Å². The van der Waals surface area contributed by atoms with Crippen LogP contribution in [0.5, 0.6) is 11.5 Å². The number of halogens is 1. The fraction of sp³-hybridized carbons (Fsp3) is 0.333. The van der Waals surface area contributed by atoms with Crippen LogP contribution in [0.3, 0.4) is 0 Å². The first-order valence-electron chi connectivity index (χ1n) is 6.95. The van der Waals surface area contributed by atoms with E-state index in [1.165, 1.54) is 0 Å². The molecule has 2 heterocycles. The van der Waals surface area contributed by atoms with Gasteiger partial charge in [0, 0.05) is 25.4 Å². The Morgan fingerprint density at radius 3 is 2.91 bits per heavy atom. The highest BCUT2D eigenvalue weighted by Crippen LogP contribution is 2.32. The second-order valence-corrected chi connectivity index (χ2v) is 5.42. The number of aromatic nitrogens is 2. The van der Waals surface area contributed by atoms with E-state index in [0.717, 1.165) is 6.54 Å². The first-order valence-corrected chi connectivity index (χ1v) is 7.33.